The number of aromatic nitrogens is 3. The highest BCUT2D eigenvalue weighted by Crippen LogP contribution is 2.27. The molecule has 5 heterocycles. The number of hydrogen-bond acceptors (Lipinski definition) is 10. The van der Waals surface area contributed by atoms with Gasteiger partial charge >= 0.3 is 0 Å². The summed E-state index contributed by atoms with van der Waals surface area (Å²) in [5, 5.41) is 9.64. The fraction of sp³-hybridized carbons (Fsp3) is 0.292. The summed E-state index contributed by atoms with van der Waals surface area (Å²) in [5.41, 5.74) is 9.73. The number of carbonyl (C=O) groups is 2. The second kappa shape index (κ2) is 10.5. The second-order valence-corrected chi connectivity index (χ2v) is 10.2. The highest BCUT2D eigenvalue weighted by Gasteiger charge is 2.26. The number of thiophene rings is 1. The van der Waals surface area contributed by atoms with E-state index in [0.717, 1.165) is 67.6 Å². The molecule has 35 heavy (non-hydrogen) atoms. The van der Waals surface area contributed by atoms with Crippen molar-refractivity contribution in [1.82, 2.24) is 25.6 Å². The van der Waals surface area contributed by atoms with Crippen LogP contribution in [0.4, 0.5) is 16.6 Å². The van der Waals surface area contributed by atoms with Crippen molar-refractivity contribution in [3.8, 4) is 11.3 Å². The first kappa shape index (κ1) is 23.5. The minimum Gasteiger partial charge on any atom is -0.384 e. The Morgan fingerprint density at radius 3 is 2.77 bits per heavy atom. The van der Waals surface area contributed by atoms with E-state index < -0.39 is 0 Å². The Labute approximate surface area is 211 Å². The first-order chi connectivity index (χ1) is 17.0. The molecule has 4 N–H and O–H groups in total. The Morgan fingerprint density at radius 1 is 1.17 bits per heavy atom. The number of rotatable bonds is 7. The molecule has 0 atom stereocenters. The summed E-state index contributed by atoms with van der Waals surface area (Å²) in [5.74, 6) is 1.36. The van der Waals surface area contributed by atoms with Gasteiger partial charge in [0.1, 0.15) is 5.82 Å². The fourth-order valence-electron chi connectivity index (χ4n) is 4.19. The van der Waals surface area contributed by atoms with Crippen LogP contribution in [0.3, 0.4) is 0 Å². The van der Waals surface area contributed by atoms with Crippen molar-refractivity contribution in [2.24, 2.45) is 5.92 Å². The van der Waals surface area contributed by atoms with Crippen molar-refractivity contribution in [3.63, 3.8) is 0 Å². The van der Waals surface area contributed by atoms with Gasteiger partial charge in [0.2, 0.25) is 5.95 Å². The zero-order valence-electron chi connectivity index (χ0n) is 18.9. The van der Waals surface area contributed by atoms with E-state index in [2.05, 4.69) is 41.9 Å². The minimum absolute atomic E-state index is 0.350. The maximum atomic E-state index is 11.8. The largest absolute Gasteiger partial charge is 0.384 e. The molecule has 3 aromatic heterocycles. The van der Waals surface area contributed by atoms with Crippen LogP contribution in [0.1, 0.15) is 24.1 Å². The van der Waals surface area contributed by atoms with Crippen molar-refractivity contribution in [2.45, 2.75) is 19.4 Å². The van der Waals surface area contributed by atoms with Gasteiger partial charge in [0.05, 0.1) is 16.3 Å². The van der Waals surface area contributed by atoms with Gasteiger partial charge in [0.25, 0.3) is 11.1 Å². The molecule has 0 aliphatic carbocycles. The van der Waals surface area contributed by atoms with Crippen molar-refractivity contribution in [1.29, 1.82) is 0 Å². The quantitative estimate of drug-likeness (QED) is 0.412. The number of imide groups is 1. The van der Waals surface area contributed by atoms with E-state index in [9.17, 15) is 9.59 Å². The van der Waals surface area contributed by atoms with Crippen LogP contribution in [0.2, 0.25) is 0 Å². The number of nitrogen functional groups attached to an aromatic ring is 1. The van der Waals surface area contributed by atoms with Gasteiger partial charge in [0.15, 0.2) is 0 Å². The SMILES string of the molecule is Nc1ccc(CNCC2CCN(c3nccc(C=C4SC(=O)NC4=O)n3)CC2)c(-c2ccsc2)n1. The molecule has 5 rings (SSSR count). The number of nitrogens with one attached hydrogen (secondary N) is 2. The zero-order valence-corrected chi connectivity index (χ0v) is 20.6. The molecule has 180 valence electrons. The van der Waals surface area contributed by atoms with Gasteiger partial charge in [-0.3, -0.25) is 14.9 Å². The number of piperidine rings is 1. The van der Waals surface area contributed by atoms with Gasteiger partial charge in [-0.25, -0.2) is 15.0 Å². The minimum atomic E-state index is -0.384. The third kappa shape index (κ3) is 5.69. The van der Waals surface area contributed by atoms with Gasteiger partial charge in [0, 0.05) is 36.8 Å². The lowest BCUT2D eigenvalue weighted by Crippen LogP contribution is -2.38. The molecule has 2 amide bonds. The van der Waals surface area contributed by atoms with E-state index >= 15 is 0 Å². The molecule has 0 spiro atoms. The van der Waals surface area contributed by atoms with E-state index in [-0.39, 0.29) is 11.1 Å². The molecule has 2 saturated heterocycles. The Kier molecular flexibility index (Phi) is 7.07. The molecule has 0 aromatic carbocycles. The van der Waals surface area contributed by atoms with Gasteiger partial charge in [-0.05, 0) is 72.3 Å². The summed E-state index contributed by atoms with van der Waals surface area (Å²) in [6.07, 6.45) is 5.38. The summed E-state index contributed by atoms with van der Waals surface area (Å²) in [6, 6.07) is 7.71. The van der Waals surface area contributed by atoms with Crippen LogP contribution < -0.4 is 21.3 Å². The van der Waals surface area contributed by atoms with E-state index in [1.165, 1.54) is 0 Å². The number of nitrogens with zero attached hydrogens (tertiary/aromatic N) is 4. The molecular weight excluding hydrogens is 482 g/mol. The topological polar surface area (TPSA) is 126 Å². The smallest absolute Gasteiger partial charge is 0.290 e. The molecule has 2 aliphatic rings. The summed E-state index contributed by atoms with van der Waals surface area (Å²) < 4.78 is 0. The molecule has 3 aromatic rings. The standard InChI is InChI=1S/C24H25N7O2S2/c25-20-2-1-16(21(29-20)17-6-10-34-14-17)13-26-12-15-4-8-31(9-5-15)23-27-7-3-18(28-23)11-19-22(32)30-24(33)35-19/h1-3,6-7,10-11,14-15,26H,4-5,8-9,12-13H2,(H2,25,29)(H,30,32,33). The Hall–Kier alpha value is -3.28. The summed E-state index contributed by atoms with van der Waals surface area (Å²) in [4.78, 5) is 39.2. The van der Waals surface area contributed by atoms with Crippen molar-refractivity contribution in [2.75, 3.05) is 30.3 Å². The van der Waals surface area contributed by atoms with Crippen LogP contribution in [0.25, 0.3) is 17.3 Å². The average Bonchev–Trinajstić information content (AvgIpc) is 3.50. The van der Waals surface area contributed by atoms with Crippen LogP contribution >= 0.6 is 23.1 Å². The Morgan fingerprint density at radius 2 is 2.03 bits per heavy atom. The van der Waals surface area contributed by atoms with Gasteiger partial charge in [-0.15, -0.1) is 0 Å². The molecule has 0 radical (unpaired) electrons. The number of pyridine rings is 1. The molecule has 0 saturated carbocycles. The van der Waals surface area contributed by atoms with Crippen LogP contribution in [-0.2, 0) is 11.3 Å². The van der Waals surface area contributed by atoms with Crippen molar-refractivity contribution < 1.29 is 9.59 Å². The molecule has 2 fully saturated rings. The highest BCUT2D eigenvalue weighted by molar-refractivity contribution is 8.18. The maximum absolute atomic E-state index is 11.8. The normalized spacial score (nSPS) is 17.8. The number of thioether (sulfide) groups is 1. The van der Waals surface area contributed by atoms with Crippen molar-refractivity contribution >= 4 is 52.1 Å². The van der Waals surface area contributed by atoms with Crippen LogP contribution in [0.15, 0.2) is 46.1 Å². The lowest BCUT2D eigenvalue weighted by atomic mass is 9.97. The van der Waals surface area contributed by atoms with E-state index in [4.69, 9.17) is 5.73 Å². The number of anilines is 2. The highest BCUT2D eigenvalue weighted by atomic mass is 32.2. The lowest BCUT2D eigenvalue weighted by Gasteiger charge is -2.32. The average molecular weight is 508 g/mol. The first-order valence-corrected chi connectivity index (χ1v) is 13.1. The molecule has 9 nitrogen and oxygen atoms in total. The number of nitrogens with two attached hydrogens (primary N) is 1. The van der Waals surface area contributed by atoms with Crippen LogP contribution in [0, 0.1) is 5.92 Å². The third-order valence-electron chi connectivity index (χ3n) is 6.03. The lowest BCUT2D eigenvalue weighted by molar-refractivity contribution is -0.115. The predicted molar refractivity (Wildman–Crippen MR) is 140 cm³/mol. The van der Waals surface area contributed by atoms with Crippen molar-refractivity contribution in [3.05, 3.63) is 57.4 Å². The summed E-state index contributed by atoms with van der Waals surface area (Å²) >= 11 is 2.54. The Bertz CT molecular complexity index is 1250. The molecule has 0 bridgehead atoms. The van der Waals surface area contributed by atoms with Crippen LogP contribution in [-0.4, -0.2) is 45.7 Å². The van der Waals surface area contributed by atoms with E-state index in [1.807, 2.05) is 17.5 Å². The number of amides is 2. The second-order valence-electron chi connectivity index (χ2n) is 8.45. The first-order valence-electron chi connectivity index (χ1n) is 11.4. The number of hydrogen-bond donors (Lipinski definition) is 3. The van der Waals surface area contributed by atoms with E-state index in [1.54, 1.807) is 29.7 Å². The van der Waals surface area contributed by atoms with Gasteiger partial charge in [-0.1, -0.05) is 6.07 Å². The number of carbonyl (C=O) groups excluding carboxylic acids is 2. The van der Waals surface area contributed by atoms with Crippen LogP contribution in [0.5, 0.6) is 0 Å². The summed E-state index contributed by atoms with van der Waals surface area (Å²) in [6.45, 7) is 3.40. The molecule has 0 unspecified atom stereocenters. The Balaban J connectivity index is 1.14. The van der Waals surface area contributed by atoms with Gasteiger partial charge < -0.3 is 16.0 Å². The molecule has 2 aliphatic heterocycles. The maximum Gasteiger partial charge on any atom is 0.290 e. The summed E-state index contributed by atoms with van der Waals surface area (Å²) in [7, 11) is 0. The fourth-order valence-corrected chi connectivity index (χ4v) is 5.50. The predicted octanol–water partition coefficient (Wildman–Crippen LogP) is 3.51. The zero-order chi connectivity index (χ0) is 24.2. The molecular formula is C24H25N7O2S2. The third-order valence-corrected chi connectivity index (χ3v) is 7.52. The van der Waals surface area contributed by atoms with Gasteiger partial charge in [-0.2, -0.15) is 11.3 Å². The monoisotopic (exact) mass is 507 g/mol. The van der Waals surface area contributed by atoms with E-state index in [0.29, 0.717) is 28.3 Å². The molecule has 11 heteroatoms.